The zero-order chi connectivity index (χ0) is 25.6. The molecule has 12 heteroatoms. The van der Waals surface area contributed by atoms with Gasteiger partial charge in [0.25, 0.3) is 5.91 Å². The van der Waals surface area contributed by atoms with E-state index in [2.05, 4.69) is 15.3 Å². The summed E-state index contributed by atoms with van der Waals surface area (Å²) in [4.78, 5) is 18.0. The standard InChI is InChI=1S/C24H19ClF4N6O/c1-14-10-33(13-30-14)21-7-5-15(9-17(21)25)19-11-35(32-31-19)22-8-6-16-18(26)3-2-4-20(16)34(23(22)36)12-24(27,28)29/h2-5,7,9-11,13,22H,6,8,12H2,1H3/t22-/m1/s1. The summed E-state index contributed by atoms with van der Waals surface area (Å²) in [7, 11) is 0. The Balaban J connectivity index is 1.46. The van der Waals surface area contributed by atoms with E-state index in [1.807, 2.05) is 13.1 Å². The van der Waals surface area contributed by atoms with E-state index in [-0.39, 0.29) is 24.1 Å². The van der Waals surface area contributed by atoms with Crippen LogP contribution in [-0.2, 0) is 11.2 Å². The van der Waals surface area contributed by atoms with Crippen LogP contribution in [0.4, 0.5) is 23.2 Å². The van der Waals surface area contributed by atoms with E-state index < -0.39 is 30.5 Å². The Bertz CT molecular complexity index is 1450. The van der Waals surface area contributed by atoms with Gasteiger partial charge < -0.3 is 9.47 Å². The predicted molar refractivity (Wildman–Crippen MR) is 124 cm³/mol. The van der Waals surface area contributed by atoms with Crippen LogP contribution in [0.1, 0.15) is 23.7 Å². The lowest BCUT2D eigenvalue weighted by atomic mass is 10.1. The van der Waals surface area contributed by atoms with Crippen molar-refractivity contribution < 1.29 is 22.4 Å². The van der Waals surface area contributed by atoms with Gasteiger partial charge in [0, 0.05) is 17.3 Å². The summed E-state index contributed by atoms with van der Waals surface area (Å²) in [5, 5.41) is 8.56. The minimum absolute atomic E-state index is 0.0591. The van der Waals surface area contributed by atoms with Gasteiger partial charge >= 0.3 is 6.18 Å². The average Bonchev–Trinajstić information content (AvgIpc) is 3.44. The van der Waals surface area contributed by atoms with Gasteiger partial charge in [0.1, 0.15) is 24.1 Å². The highest BCUT2D eigenvalue weighted by atomic mass is 35.5. The molecule has 36 heavy (non-hydrogen) atoms. The van der Waals surface area contributed by atoms with Crippen molar-refractivity contribution in [3.05, 3.63) is 77.2 Å². The summed E-state index contributed by atoms with van der Waals surface area (Å²) < 4.78 is 57.5. The molecular formula is C24H19ClF4N6O. The highest BCUT2D eigenvalue weighted by Gasteiger charge is 2.40. The number of hydrogen-bond donors (Lipinski definition) is 0. The van der Waals surface area contributed by atoms with E-state index in [9.17, 15) is 22.4 Å². The monoisotopic (exact) mass is 518 g/mol. The summed E-state index contributed by atoms with van der Waals surface area (Å²) in [6.07, 6.45) is 0.387. The highest BCUT2D eigenvalue weighted by molar-refractivity contribution is 6.32. The number of alkyl halides is 3. The number of aromatic nitrogens is 5. The van der Waals surface area contributed by atoms with Crippen LogP contribution in [0.15, 0.2) is 55.1 Å². The molecule has 0 bridgehead atoms. The lowest BCUT2D eigenvalue weighted by Gasteiger charge is -2.26. The summed E-state index contributed by atoms with van der Waals surface area (Å²) in [6.45, 7) is 0.319. The summed E-state index contributed by atoms with van der Waals surface area (Å²) in [6, 6.07) is 7.90. The van der Waals surface area contributed by atoms with Crippen LogP contribution in [0.25, 0.3) is 16.9 Å². The first-order chi connectivity index (χ1) is 17.1. The molecule has 0 unspecified atom stereocenters. The number of anilines is 1. The number of carbonyl (C=O) groups is 1. The third kappa shape index (κ3) is 4.58. The van der Waals surface area contributed by atoms with Crippen LogP contribution in [-0.4, -0.2) is 43.2 Å². The molecule has 0 radical (unpaired) electrons. The molecule has 7 nitrogen and oxygen atoms in total. The molecule has 0 N–H and O–H groups in total. The molecule has 3 heterocycles. The smallest absolute Gasteiger partial charge is 0.305 e. The maximum Gasteiger partial charge on any atom is 0.406 e. The van der Waals surface area contributed by atoms with E-state index in [1.165, 1.54) is 29.1 Å². The predicted octanol–water partition coefficient (Wildman–Crippen LogP) is 5.31. The van der Waals surface area contributed by atoms with E-state index in [1.54, 1.807) is 29.1 Å². The number of aryl methyl sites for hydroxylation is 1. The van der Waals surface area contributed by atoms with E-state index >= 15 is 0 Å². The zero-order valence-corrected chi connectivity index (χ0v) is 19.6. The molecule has 4 aromatic rings. The van der Waals surface area contributed by atoms with Crippen LogP contribution in [0.3, 0.4) is 0 Å². The number of rotatable bonds is 4. The van der Waals surface area contributed by atoms with Crippen molar-refractivity contribution in [2.75, 3.05) is 11.4 Å². The first-order valence-electron chi connectivity index (χ1n) is 11.0. The van der Waals surface area contributed by atoms with Gasteiger partial charge in [0.05, 0.1) is 34.6 Å². The van der Waals surface area contributed by atoms with Crippen LogP contribution >= 0.6 is 11.6 Å². The average molecular weight is 519 g/mol. The van der Waals surface area contributed by atoms with Crippen molar-refractivity contribution >= 4 is 23.2 Å². The number of amides is 1. The minimum Gasteiger partial charge on any atom is -0.305 e. The van der Waals surface area contributed by atoms with E-state index in [4.69, 9.17) is 11.6 Å². The van der Waals surface area contributed by atoms with Crippen molar-refractivity contribution in [1.29, 1.82) is 0 Å². The molecule has 1 atom stereocenters. The lowest BCUT2D eigenvalue weighted by molar-refractivity contribution is -0.134. The summed E-state index contributed by atoms with van der Waals surface area (Å²) in [5.74, 6) is -1.49. The molecule has 2 aromatic heterocycles. The van der Waals surface area contributed by atoms with Crippen molar-refractivity contribution in [3.63, 3.8) is 0 Å². The van der Waals surface area contributed by atoms with Gasteiger partial charge in [-0.25, -0.2) is 14.1 Å². The Kier molecular flexibility index (Phi) is 6.03. The quantitative estimate of drug-likeness (QED) is 0.343. The molecule has 1 amide bonds. The molecule has 0 fully saturated rings. The number of benzene rings is 2. The number of imidazole rings is 1. The maximum absolute atomic E-state index is 14.5. The SMILES string of the molecule is Cc1cn(-c2ccc(-c3cn([C@@H]4CCc5c(F)cccc5N(CC(F)(F)F)C4=O)nn3)cc2Cl)cn1. The number of carbonyl (C=O) groups excluding carboxylic acids is 1. The Hall–Kier alpha value is -3.73. The first-order valence-corrected chi connectivity index (χ1v) is 11.4. The summed E-state index contributed by atoms with van der Waals surface area (Å²) in [5.41, 5.74) is 2.50. The zero-order valence-electron chi connectivity index (χ0n) is 18.9. The molecule has 0 spiro atoms. The fourth-order valence-electron chi connectivity index (χ4n) is 4.33. The molecule has 0 saturated carbocycles. The third-order valence-corrected chi connectivity index (χ3v) is 6.31. The number of fused-ring (bicyclic) bond motifs is 1. The van der Waals surface area contributed by atoms with Crippen LogP contribution in [0.5, 0.6) is 0 Å². The summed E-state index contributed by atoms with van der Waals surface area (Å²) >= 11 is 6.46. The van der Waals surface area contributed by atoms with Crippen molar-refractivity contribution in [2.24, 2.45) is 0 Å². The third-order valence-electron chi connectivity index (χ3n) is 6.00. The maximum atomic E-state index is 14.5. The van der Waals surface area contributed by atoms with Gasteiger partial charge in [-0.3, -0.25) is 4.79 Å². The molecule has 1 aliphatic rings. The highest BCUT2D eigenvalue weighted by Crippen LogP contribution is 2.35. The minimum atomic E-state index is -4.67. The lowest BCUT2D eigenvalue weighted by Crippen LogP contribution is -2.42. The number of nitrogens with zero attached hydrogens (tertiary/aromatic N) is 6. The van der Waals surface area contributed by atoms with Crippen LogP contribution < -0.4 is 4.90 Å². The second-order valence-corrected chi connectivity index (χ2v) is 8.91. The van der Waals surface area contributed by atoms with E-state index in [0.29, 0.717) is 26.9 Å². The molecule has 186 valence electrons. The van der Waals surface area contributed by atoms with Gasteiger partial charge in [0.2, 0.25) is 0 Å². The van der Waals surface area contributed by atoms with Crippen molar-refractivity contribution in [1.82, 2.24) is 24.5 Å². The second-order valence-electron chi connectivity index (χ2n) is 8.50. The van der Waals surface area contributed by atoms with E-state index in [0.717, 1.165) is 5.69 Å². The normalized spacial score (nSPS) is 16.2. The van der Waals surface area contributed by atoms with Crippen LogP contribution in [0.2, 0.25) is 5.02 Å². The first kappa shape index (κ1) is 24.0. The number of halogens is 5. The van der Waals surface area contributed by atoms with Gasteiger partial charge in [-0.15, -0.1) is 5.10 Å². The van der Waals surface area contributed by atoms with Gasteiger partial charge in [0.15, 0.2) is 0 Å². The molecular weight excluding hydrogens is 500 g/mol. The Morgan fingerprint density at radius 3 is 2.64 bits per heavy atom. The Labute approximate surface area is 207 Å². The van der Waals surface area contributed by atoms with Crippen molar-refractivity contribution in [3.8, 4) is 16.9 Å². The second kappa shape index (κ2) is 9.05. The topological polar surface area (TPSA) is 68.8 Å². The van der Waals surface area contributed by atoms with Crippen molar-refractivity contribution in [2.45, 2.75) is 32.0 Å². The Morgan fingerprint density at radius 2 is 1.94 bits per heavy atom. The fourth-order valence-corrected chi connectivity index (χ4v) is 4.61. The number of hydrogen-bond acceptors (Lipinski definition) is 4. The Morgan fingerprint density at radius 1 is 1.14 bits per heavy atom. The van der Waals surface area contributed by atoms with Crippen LogP contribution in [0, 0.1) is 12.7 Å². The fraction of sp³-hybridized carbons (Fsp3) is 0.250. The van der Waals surface area contributed by atoms with Gasteiger partial charge in [-0.1, -0.05) is 28.9 Å². The molecule has 0 saturated heterocycles. The molecule has 5 rings (SSSR count). The molecule has 2 aromatic carbocycles. The van der Waals surface area contributed by atoms with Gasteiger partial charge in [-0.2, -0.15) is 13.2 Å². The molecule has 1 aliphatic heterocycles. The largest absolute Gasteiger partial charge is 0.406 e. The molecule has 0 aliphatic carbocycles. The van der Waals surface area contributed by atoms with Gasteiger partial charge in [-0.05, 0) is 44.0 Å².